The molecule has 0 radical (unpaired) electrons. The number of hydrogen-bond acceptors (Lipinski definition) is 4. The van der Waals surface area contributed by atoms with Crippen LogP contribution in [0.3, 0.4) is 0 Å². The number of amides is 2. The van der Waals surface area contributed by atoms with E-state index in [1.54, 1.807) is 12.5 Å². The minimum absolute atomic E-state index is 0.0848. The second-order valence-corrected chi connectivity index (χ2v) is 9.08. The lowest BCUT2D eigenvalue weighted by Gasteiger charge is -2.23. The average Bonchev–Trinajstić information content (AvgIpc) is 3.45. The van der Waals surface area contributed by atoms with Gasteiger partial charge in [0.25, 0.3) is 5.91 Å². The molecule has 6 nitrogen and oxygen atoms in total. The standard InChI is InChI=1S/C26H31N3O3/c1-18(2)13-24(28-25(30)22-8-7-20-5-3-4-6-21(20)14-22)26(31)27-23-9-11-29(16-23)15-19-10-12-32-17-19/h3-8,10,12,14,17-18,23-24H,9,11,13,15-16H2,1-2H3,(H,27,31)(H,28,30)/t23-,24-/m0/s1. The van der Waals surface area contributed by atoms with E-state index in [1.165, 1.54) is 0 Å². The van der Waals surface area contributed by atoms with Gasteiger partial charge < -0.3 is 15.1 Å². The van der Waals surface area contributed by atoms with E-state index in [-0.39, 0.29) is 23.8 Å². The van der Waals surface area contributed by atoms with Crippen molar-refractivity contribution in [2.45, 2.75) is 45.3 Å². The van der Waals surface area contributed by atoms with Crippen molar-refractivity contribution < 1.29 is 14.0 Å². The van der Waals surface area contributed by atoms with Gasteiger partial charge >= 0.3 is 0 Å². The number of likely N-dealkylation sites (tertiary alicyclic amines) is 1. The summed E-state index contributed by atoms with van der Waals surface area (Å²) >= 11 is 0. The van der Waals surface area contributed by atoms with E-state index in [9.17, 15) is 9.59 Å². The number of furan rings is 1. The third-order valence-electron chi connectivity index (χ3n) is 5.95. The molecule has 1 fully saturated rings. The Kier molecular flexibility index (Phi) is 6.90. The fourth-order valence-electron chi connectivity index (χ4n) is 4.31. The number of nitrogens with zero attached hydrogens (tertiary/aromatic N) is 1. The smallest absolute Gasteiger partial charge is 0.251 e. The molecule has 168 valence electrons. The Hall–Kier alpha value is -3.12. The lowest BCUT2D eigenvalue weighted by atomic mass is 10.0. The third-order valence-corrected chi connectivity index (χ3v) is 5.95. The van der Waals surface area contributed by atoms with Gasteiger partial charge in [0, 0.05) is 36.8 Å². The lowest BCUT2D eigenvalue weighted by molar-refractivity contribution is -0.124. The predicted octanol–water partition coefficient (Wildman–Crippen LogP) is 3.97. The van der Waals surface area contributed by atoms with Crippen molar-refractivity contribution in [3.8, 4) is 0 Å². The first kappa shape index (κ1) is 22.1. The van der Waals surface area contributed by atoms with Crippen LogP contribution < -0.4 is 10.6 Å². The molecule has 2 aromatic carbocycles. The van der Waals surface area contributed by atoms with Gasteiger partial charge in [-0.05, 0) is 47.7 Å². The van der Waals surface area contributed by atoms with Crippen LogP contribution in [0.5, 0.6) is 0 Å². The second-order valence-electron chi connectivity index (χ2n) is 9.08. The summed E-state index contributed by atoms with van der Waals surface area (Å²) in [6.45, 7) is 6.66. The number of rotatable bonds is 8. The lowest BCUT2D eigenvalue weighted by Crippen LogP contribution is -2.50. The fourth-order valence-corrected chi connectivity index (χ4v) is 4.31. The fraction of sp³-hybridized carbons (Fsp3) is 0.385. The molecule has 0 unspecified atom stereocenters. The zero-order valence-electron chi connectivity index (χ0n) is 18.7. The number of carbonyl (C=O) groups is 2. The Morgan fingerprint density at radius 2 is 1.94 bits per heavy atom. The number of benzene rings is 2. The minimum atomic E-state index is -0.558. The van der Waals surface area contributed by atoms with Crippen molar-refractivity contribution in [1.29, 1.82) is 0 Å². The Morgan fingerprint density at radius 3 is 2.69 bits per heavy atom. The average molecular weight is 434 g/mol. The highest BCUT2D eigenvalue weighted by molar-refractivity contribution is 6.00. The second kappa shape index (κ2) is 10.0. The molecule has 6 heteroatoms. The maximum absolute atomic E-state index is 13.1. The number of carbonyl (C=O) groups excluding carboxylic acids is 2. The minimum Gasteiger partial charge on any atom is -0.472 e. The molecular weight excluding hydrogens is 402 g/mol. The summed E-state index contributed by atoms with van der Waals surface area (Å²) < 4.78 is 5.15. The first-order chi connectivity index (χ1) is 15.5. The summed E-state index contributed by atoms with van der Waals surface area (Å²) in [6.07, 6.45) is 4.93. The van der Waals surface area contributed by atoms with Gasteiger partial charge in [-0.3, -0.25) is 14.5 Å². The Morgan fingerprint density at radius 1 is 1.12 bits per heavy atom. The first-order valence-electron chi connectivity index (χ1n) is 11.3. The molecule has 0 aliphatic carbocycles. The molecule has 2 atom stereocenters. The van der Waals surface area contributed by atoms with Crippen LogP contribution in [0.4, 0.5) is 0 Å². The van der Waals surface area contributed by atoms with E-state index < -0.39 is 6.04 Å². The van der Waals surface area contributed by atoms with E-state index in [0.717, 1.165) is 42.4 Å². The maximum atomic E-state index is 13.1. The van der Waals surface area contributed by atoms with Crippen molar-refractivity contribution in [2.24, 2.45) is 5.92 Å². The van der Waals surface area contributed by atoms with Crippen molar-refractivity contribution in [3.05, 3.63) is 72.2 Å². The Labute approximate surface area is 189 Å². The largest absolute Gasteiger partial charge is 0.472 e. The highest BCUT2D eigenvalue weighted by Crippen LogP contribution is 2.17. The molecule has 1 saturated heterocycles. The van der Waals surface area contributed by atoms with Crippen LogP contribution in [0.25, 0.3) is 10.8 Å². The maximum Gasteiger partial charge on any atom is 0.251 e. The topological polar surface area (TPSA) is 74.6 Å². The van der Waals surface area contributed by atoms with Crippen LogP contribution in [0.15, 0.2) is 65.5 Å². The van der Waals surface area contributed by atoms with Crippen molar-refractivity contribution >= 4 is 22.6 Å². The van der Waals surface area contributed by atoms with Crippen molar-refractivity contribution in [1.82, 2.24) is 15.5 Å². The molecule has 0 saturated carbocycles. The quantitative estimate of drug-likeness (QED) is 0.564. The van der Waals surface area contributed by atoms with Crippen LogP contribution in [-0.4, -0.2) is 41.9 Å². The van der Waals surface area contributed by atoms with Gasteiger partial charge in [0.2, 0.25) is 5.91 Å². The van der Waals surface area contributed by atoms with Crippen LogP contribution in [-0.2, 0) is 11.3 Å². The SMILES string of the molecule is CC(C)C[C@H](NC(=O)c1ccc2ccccc2c1)C(=O)N[C@H]1CCN(Cc2ccoc2)C1. The van der Waals surface area contributed by atoms with Gasteiger partial charge in [0.05, 0.1) is 12.5 Å². The van der Waals surface area contributed by atoms with Gasteiger partial charge in [-0.25, -0.2) is 0 Å². The summed E-state index contributed by atoms with van der Waals surface area (Å²) in [5.74, 6) is -0.0450. The van der Waals surface area contributed by atoms with E-state index in [1.807, 2.05) is 48.5 Å². The van der Waals surface area contributed by atoms with Gasteiger partial charge in [-0.15, -0.1) is 0 Å². The Balaban J connectivity index is 1.37. The number of nitrogens with one attached hydrogen (secondary N) is 2. The van der Waals surface area contributed by atoms with Crippen molar-refractivity contribution in [2.75, 3.05) is 13.1 Å². The monoisotopic (exact) mass is 433 g/mol. The van der Waals surface area contributed by atoms with E-state index in [4.69, 9.17) is 4.42 Å². The molecule has 2 heterocycles. The summed E-state index contributed by atoms with van der Waals surface area (Å²) in [5, 5.41) is 8.23. The highest BCUT2D eigenvalue weighted by atomic mass is 16.3. The van der Waals surface area contributed by atoms with E-state index in [2.05, 4.69) is 29.4 Å². The summed E-state index contributed by atoms with van der Waals surface area (Å²) in [5.41, 5.74) is 1.70. The van der Waals surface area contributed by atoms with Gasteiger partial charge in [-0.1, -0.05) is 44.2 Å². The first-order valence-corrected chi connectivity index (χ1v) is 11.3. The van der Waals surface area contributed by atoms with Crippen LogP contribution in [0.2, 0.25) is 0 Å². The molecule has 32 heavy (non-hydrogen) atoms. The van der Waals surface area contributed by atoms with Crippen LogP contribution >= 0.6 is 0 Å². The highest BCUT2D eigenvalue weighted by Gasteiger charge is 2.28. The number of hydrogen-bond donors (Lipinski definition) is 2. The van der Waals surface area contributed by atoms with Crippen LogP contribution in [0, 0.1) is 5.92 Å². The van der Waals surface area contributed by atoms with Gasteiger partial charge in [-0.2, -0.15) is 0 Å². The summed E-state index contributed by atoms with van der Waals surface area (Å²) in [7, 11) is 0. The molecule has 2 N–H and O–H groups in total. The van der Waals surface area contributed by atoms with Gasteiger partial charge in [0.1, 0.15) is 6.04 Å². The molecule has 1 aromatic heterocycles. The molecule has 3 aromatic rings. The van der Waals surface area contributed by atoms with E-state index >= 15 is 0 Å². The zero-order valence-corrected chi connectivity index (χ0v) is 18.7. The van der Waals surface area contributed by atoms with Gasteiger partial charge in [0.15, 0.2) is 0 Å². The summed E-state index contributed by atoms with van der Waals surface area (Å²) in [4.78, 5) is 28.3. The molecule has 2 amide bonds. The zero-order chi connectivity index (χ0) is 22.5. The van der Waals surface area contributed by atoms with Crippen LogP contribution in [0.1, 0.15) is 42.6 Å². The van der Waals surface area contributed by atoms with E-state index in [0.29, 0.717) is 12.0 Å². The molecular formula is C26H31N3O3. The Bertz CT molecular complexity index is 1060. The third kappa shape index (κ3) is 5.56. The number of fused-ring (bicyclic) bond motifs is 1. The molecule has 4 rings (SSSR count). The molecule has 0 spiro atoms. The molecule has 0 bridgehead atoms. The molecule has 1 aliphatic heterocycles. The normalized spacial score (nSPS) is 17.5. The predicted molar refractivity (Wildman–Crippen MR) is 125 cm³/mol. The van der Waals surface area contributed by atoms with Crippen molar-refractivity contribution in [3.63, 3.8) is 0 Å². The summed E-state index contributed by atoms with van der Waals surface area (Å²) in [6, 6.07) is 15.1. The molecule has 1 aliphatic rings.